The quantitative estimate of drug-likeness (QED) is 0.170. The van der Waals surface area contributed by atoms with Gasteiger partial charge in [-0.25, -0.2) is 0 Å². The molecule has 0 N–H and O–H groups in total. The molecule has 0 bridgehead atoms. The predicted octanol–water partition coefficient (Wildman–Crippen LogP) is 15.5. The van der Waals surface area contributed by atoms with E-state index in [9.17, 15) is 0 Å². The molecule has 268 valence electrons. The monoisotopic (exact) mass is 735 g/mol. The molecule has 0 aliphatic heterocycles. The van der Waals surface area contributed by atoms with Crippen LogP contribution in [0.15, 0.2) is 176 Å². The maximum absolute atomic E-state index is 2.48. The average molecular weight is 736 g/mol. The highest BCUT2D eigenvalue weighted by Crippen LogP contribution is 2.55. The topological polar surface area (TPSA) is 3.24 Å². The third kappa shape index (κ3) is 4.85. The summed E-state index contributed by atoms with van der Waals surface area (Å²) in [5, 5.41) is 2.66. The second-order valence-electron chi connectivity index (χ2n) is 16.5. The standard InChI is InChI=1S/C54H41NS/c1-53(2)45-18-8-5-15-40(45)44-32-36(26-30-47(44)53)35-13-11-14-39(31-35)55(49-21-12-20-48-52(49)43-17-6-9-19-46(43)54(48,3)4)38-27-23-34(24-28-38)37-25-29-42-41-16-7-10-22-50(41)56-51(42)33-37/h5-33H,1-4H3. The predicted molar refractivity (Wildman–Crippen MR) is 240 cm³/mol. The number of nitrogens with zero attached hydrogens (tertiary/aromatic N) is 1. The fourth-order valence-electron chi connectivity index (χ4n) is 9.78. The maximum Gasteiger partial charge on any atom is 0.0543 e. The molecule has 8 aromatic carbocycles. The molecule has 0 amide bonds. The van der Waals surface area contributed by atoms with E-state index in [1.807, 2.05) is 11.3 Å². The van der Waals surface area contributed by atoms with Crippen LogP contribution in [0.4, 0.5) is 17.1 Å². The summed E-state index contributed by atoms with van der Waals surface area (Å²) in [7, 11) is 0. The zero-order chi connectivity index (χ0) is 37.8. The summed E-state index contributed by atoms with van der Waals surface area (Å²) in [4.78, 5) is 2.48. The van der Waals surface area contributed by atoms with Crippen LogP contribution in [-0.4, -0.2) is 0 Å². The van der Waals surface area contributed by atoms with Gasteiger partial charge in [-0.05, 0) is 110 Å². The first-order valence-corrected chi connectivity index (χ1v) is 20.5. The lowest BCUT2D eigenvalue weighted by molar-refractivity contribution is 0.660. The van der Waals surface area contributed by atoms with E-state index >= 15 is 0 Å². The Hall–Kier alpha value is -6.22. The third-order valence-electron chi connectivity index (χ3n) is 12.7. The molecule has 2 aliphatic rings. The molecule has 0 fully saturated rings. The maximum atomic E-state index is 2.48. The fraction of sp³-hybridized carbons (Fsp3) is 0.111. The molecule has 1 aromatic heterocycles. The van der Waals surface area contributed by atoms with Gasteiger partial charge in [-0.15, -0.1) is 11.3 Å². The van der Waals surface area contributed by atoms with E-state index in [-0.39, 0.29) is 10.8 Å². The molecule has 0 saturated carbocycles. The number of benzene rings is 8. The van der Waals surface area contributed by atoms with Gasteiger partial charge in [0.1, 0.15) is 0 Å². The van der Waals surface area contributed by atoms with Crippen molar-refractivity contribution in [1.82, 2.24) is 0 Å². The smallest absolute Gasteiger partial charge is 0.0543 e. The first-order chi connectivity index (χ1) is 27.3. The first-order valence-electron chi connectivity index (χ1n) is 19.7. The van der Waals surface area contributed by atoms with E-state index in [1.165, 1.54) is 92.6 Å². The molecule has 11 rings (SSSR count). The van der Waals surface area contributed by atoms with Crippen molar-refractivity contribution < 1.29 is 0 Å². The molecule has 0 saturated heterocycles. The highest BCUT2D eigenvalue weighted by molar-refractivity contribution is 7.25. The van der Waals surface area contributed by atoms with Crippen LogP contribution in [0.1, 0.15) is 49.9 Å². The Bertz CT molecular complexity index is 3030. The fourth-order valence-corrected chi connectivity index (χ4v) is 10.9. The third-order valence-corrected chi connectivity index (χ3v) is 13.8. The first kappa shape index (κ1) is 33.1. The van der Waals surface area contributed by atoms with Gasteiger partial charge in [-0.2, -0.15) is 0 Å². The van der Waals surface area contributed by atoms with E-state index < -0.39 is 0 Å². The van der Waals surface area contributed by atoms with Gasteiger partial charge in [-0.1, -0.05) is 155 Å². The molecule has 2 heteroatoms. The number of thiophene rings is 1. The lowest BCUT2D eigenvalue weighted by Crippen LogP contribution is -2.16. The number of rotatable bonds is 5. The van der Waals surface area contributed by atoms with Gasteiger partial charge < -0.3 is 4.90 Å². The van der Waals surface area contributed by atoms with Gasteiger partial charge in [0, 0.05) is 47.9 Å². The summed E-state index contributed by atoms with van der Waals surface area (Å²) in [6, 6.07) is 65.8. The molecule has 9 aromatic rings. The normalized spacial score (nSPS) is 14.4. The molecule has 0 unspecified atom stereocenters. The van der Waals surface area contributed by atoms with Crippen molar-refractivity contribution in [2.24, 2.45) is 0 Å². The van der Waals surface area contributed by atoms with Crippen LogP contribution in [0, 0.1) is 0 Å². The number of hydrogen-bond acceptors (Lipinski definition) is 2. The van der Waals surface area contributed by atoms with Crippen LogP contribution in [0.3, 0.4) is 0 Å². The Morgan fingerprint density at radius 2 is 0.964 bits per heavy atom. The molecule has 2 aliphatic carbocycles. The van der Waals surface area contributed by atoms with Crippen molar-refractivity contribution in [3.8, 4) is 44.5 Å². The van der Waals surface area contributed by atoms with Crippen LogP contribution >= 0.6 is 11.3 Å². The minimum Gasteiger partial charge on any atom is -0.310 e. The lowest BCUT2D eigenvalue weighted by Gasteiger charge is -2.29. The van der Waals surface area contributed by atoms with Crippen molar-refractivity contribution in [1.29, 1.82) is 0 Å². The summed E-state index contributed by atoms with van der Waals surface area (Å²) < 4.78 is 2.66. The van der Waals surface area contributed by atoms with Crippen molar-refractivity contribution >= 4 is 48.6 Å². The highest BCUT2D eigenvalue weighted by atomic mass is 32.1. The van der Waals surface area contributed by atoms with E-state index in [2.05, 4.69) is 209 Å². The van der Waals surface area contributed by atoms with Crippen molar-refractivity contribution in [2.75, 3.05) is 4.90 Å². The summed E-state index contributed by atoms with van der Waals surface area (Å²) in [5.74, 6) is 0. The number of fused-ring (bicyclic) bond motifs is 9. The van der Waals surface area contributed by atoms with E-state index in [1.54, 1.807) is 0 Å². The van der Waals surface area contributed by atoms with E-state index in [0.29, 0.717) is 0 Å². The molecule has 1 heterocycles. The Labute approximate surface area is 333 Å². The van der Waals surface area contributed by atoms with Gasteiger partial charge >= 0.3 is 0 Å². The Morgan fingerprint density at radius 3 is 1.80 bits per heavy atom. The summed E-state index contributed by atoms with van der Waals surface area (Å²) >= 11 is 1.87. The van der Waals surface area contributed by atoms with Crippen molar-refractivity contribution in [3.05, 3.63) is 198 Å². The van der Waals surface area contributed by atoms with Gasteiger partial charge in [-0.3, -0.25) is 0 Å². The molecule has 0 spiro atoms. The van der Waals surface area contributed by atoms with Gasteiger partial charge in [0.15, 0.2) is 0 Å². The molecule has 56 heavy (non-hydrogen) atoms. The Morgan fingerprint density at radius 1 is 0.375 bits per heavy atom. The number of anilines is 3. The van der Waals surface area contributed by atoms with Crippen LogP contribution in [0.2, 0.25) is 0 Å². The summed E-state index contributed by atoms with van der Waals surface area (Å²) in [6.07, 6.45) is 0. The van der Waals surface area contributed by atoms with E-state index in [4.69, 9.17) is 0 Å². The van der Waals surface area contributed by atoms with Crippen LogP contribution in [0.25, 0.3) is 64.7 Å². The van der Waals surface area contributed by atoms with Crippen molar-refractivity contribution in [3.63, 3.8) is 0 Å². The molecular weight excluding hydrogens is 695 g/mol. The second-order valence-corrected chi connectivity index (χ2v) is 17.6. The Balaban J connectivity index is 1.06. The summed E-state index contributed by atoms with van der Waals surface area (Å²) in [6.45, 7) is 9.42. The van der Waals surface area contributed by atoms with Gasteiger partial charge in [0.25, 0.3) is 0 Å². The second kappa shape index (κ2) is 12.1. The SMILES string of the molecule is CC1(C)c2ccccc2-c2cc(-c3cccc(N(c4ccc(-c5ccc6c(c5)sc5ccccc56)cc4)c4cccc5c4-c4ccccc4C5(C)C)c3)ccc21. The van der Waals surface area contributed by atoms with E-state index in [0.717, 1.165) is 11.4 Å². The minimum absolute atomic E-state index is 0.0172. The van der Waals surface area contributed by atoms with Gasteiger partial charge in [0.05, 0.1) is 5.69 Å². The van der Waals surface area contributed by atoms with Crippen LogP contribution in [-0.2, 0) is 10.8 Å². The zero-order valence-electron chi connectivity index (χ0n) is 32.1. The zero-order valence-corrected chi connectivity index (χ0v) is 32.9. The largest absolute Gasteiger partial charge is 0.310 e. The molecule has 1 nitrogen and oxygen atoms in total. The van der Waals surface area contributed by atoms with Crippen LogP contribution < -0.4 is 4.90 Å². The summed E-state index contributed by atoms with van der Waals surface area (Å²) in [5.41, 5.74) is 19.1. The average Bonchev–Trinajstić information content (AvgIpc) is 3.81. The van der Waals surface area contributed by atoms with Gasteiger partial charge in [0.2, 0.25) is 0 Å². The van der Waals surface area contributed by atoms with Crippen molar-refractivity contribution in [2.45, 2.75) is 38.5 Å². The van der Waals surface area contributed by atoms with Crippen LogP contribution in [0.5, 0.6) is 0 Å². The minimum atomic E-state index is -0.0982. The highest BCUT2D eigenvalue weighted by Gasteiger charge is 2.38. The lowest BCUT2D eigenvalue weighted by atomic mass is 9.82. The molecule has 0 radical (unpaired) electrons. The number of hydrogen-bond donors (Lipinski definition) is 0. The molecule has 0 atom stereocenters. The molecular formula is C54H41NS. The Kier molecular flexibility index (Phi) is 7.18.